The lowest BCUT2D eigenvalue weighted by Gasteiger charge is -1.69. The van der Waals surface area contributed by atoms with Crippen LogP contribution in [0.2, 0.25) is 0 Å². The molecule has 1 atom stereocenters. The second-order valence-electron chi connectivity index (χ2n) is 1.47. The van der Waals surface area contributed by atoms with Crippen molar-refractivity contribution in [1.29, 1.82) is 0 Å². The number of carbonyl (C=O) groups is 2. The van der Waals surface area contributed by atoms with E-state index in [0.29, 0.717) is 0 Å². The number of hydroxylamine groups is 1. The van der Waals surface area contributed by atoms with Crippen molar-refractivity contribution >= 4 is 11.9 Å². The molecule has 0 saturated carbocycles. The van der Waals surface area contributed by atoms with E-state index in [9.17, 15) is 4.79 Å². The Morgan fingerprint density at radius 2 is 1.80 bits per heavy atom. The van der Waals surface area contributed by atoms with Gasteiger partial charge in [-0.25, -0.2) is 4.79 Å². The maximum absolute atomic E-state index is 9.57. The fraction of sp³-hybridized carbons (Fsp3) is 0.500. The Bertz CT molecular complexity index is 137. The van der Waals surface area contributed by atoms with Crippen LogP contribution < -0.4 is 5.48 Å². The molecule has 3 N–H and O–H groups in total. The lowest BCUT2D eigenvalue weighted by molar-refractivity contribution is -0.138. The molecule has 1 fully saturated rings. The molecule has 1 unspecified atom stereocenters. The molecule has 0 radical (unpaired) electrons. The molecular weight excluding hydrogens is 142 g/mol. The highest BCUT2D eigenvalue weighted by atomic mass is 16.8. The minimum absolute atomic E-state index is 0.731. The van der Waals surface area contributed by atoms with Crippen molar-refractivity contribution in [3.63, 3.8) is 0 Å². The summed E-state index contributed by atoms with van der Waals surface area (Å²) in [6.45, 7) is 1.08. The first-order valence-electron chi connectivity index (χ1n) is 2.37. The zero-order valence-corrected chi connectivity index (χ0v) is 5.20. The molecule has 58 valence electrons. The van der Waals surface area contributed by atoms with Crippen molar-refractivity contribution in [3.8, 4) is 0 Å². The van der Waals surface area contributed by atoms with Crippen LogP contribution in [-0.2, 0) is 14.4 Å². The standard InChI is InChI=1S/C2H3NO3.C2H4O2/c4-2(5)1-3-6-1;1-2(3)4/h1,3H,(H,4,5);1H3,(H,3,4). The Kier molecular flexibility index (Phi) is 3.37. The first-order chi connectivity index (χ1) is 4.54. The topological polar surface area (TPSA) is 109 Å². The summed E-state index contributed by atoms with van der Waals surface area (Å²) in [6.07, 6.45) is -0.731. The zero-order valence-electron chi connectivity index (χ0n) is 5.20. The van der Waals surface area contributed by atoms with E-state index in [-0.39, 0.29) is 0 Å². The smallest absolute Gasteiger partial charge is 0.352 e. The fourth-order valence-corrected chi connectivity index (χ4v) is 0.135. The average molecular weight is 149 g/mol. The predicted octanol–water partition coefficient (Wildman–Crippen LogP) is -0.977. The molecule has 1 aliphatic rings. The van der Waals surface area contributed by atoms with E-state index >= 15 is 0 Å². The molecule has 0 bridgehead atoms. The second kappa shape index (κ2) is 3.80. The quantitative estimate of drug-likeness (QED) is 0.413. The maximum atomic E-state index is 9.57. The monoisotopic (exact) mass is 149 g/mol. The molecule has 0 spiro atoms. The van der Waals surface area contributed by atoms with Crippen LogP contribution in [0.25, 0.3) is 0 Å². The highest BCUT2D eigenvalue weighted by Crippen LogP contribution is 1.96. The average Bonchev–Trinajstić information content (AvgIpc) is 2.38. The van der Waals surface area contributed by atoms with Gasteiger partial charge in [0.1, 0.15) is 0 Å². The van der Waals surface area contributed by atoms with Crippen LogP contribution in [0, 0.1) is 0 Å². The van der Waals surface area contributed by atoms with Crippen molar-refractivity contribution in [2.24, 2.45) is 0 Å². The van der Waals surface area contributed by atoms with Crippen LogP contribution in [0.15, 0.2) is 0 Å². The first-order valence-corrected chi connectivity index (χ1v) is 2.37. The Morgan fingerprint density at radius 1 is 1.50 bits per heavy atom. The Labute approximate surface area is 56.4 Å². The fourth-order valence-electron chi connectivity index (χ4n) is 0.135. The molecule has 1 heterocycles. The molecule has 6 heteroatoms. The lowest BCUT2D eigenvalue weighted by atomic mass is 10.7. The molecule has 0 amide bonds. The van der Waals surface area contributed by atoms with Gasteiger partial charge in [-0.05, 0) is 0 Å². The summed E-state index contributed by atoms with van der Waals surface area (Å²) in [6, 6.07) is 0. The highest BCUT2D eigenvalue weighted by Gasteiger charge is 2.30. The number of aliphatic carboxylic acids is 2. The van der Waals surface area contributed by atoms with E-state index in [0.717, 1.165) is 6.92 Å². The van der Waals surface area contributed by atoms with E-state index in [2.05, 4.69) is 10.3 Å². The SMILES string of the molecule is CC(=O)O.O=C(O)C1NO1. The second-order valence-corrected chi connectivity index (χ2v) is 1.47. The van der Waals surface area contributed by atoms with Crippen molar-refractivity contribution in [2.75, 3.05) is 0 Å². The van der Waals surface area contributed by atoms with Gasteiger partial charge < -0.3 is 10.2 Å². The minimum Gasteiger partial charge on any atom is -0.481 e. The van der Waals surface area contributed by atoms with Gasteiger partial charge in [-0.1, -0.05) is 0 Å². The van der Waals surface area contributed by atoms with Gasteiger partial charge in [0.05, 0.1) is 0 Å². The molecular formula is C4H7NO5. The predicted molar refractivity (Wildman–Crippen MR) is 29.0 cm³/mol. The van der Waals surface area contributed by atoms with E-state index in [4.69, 9.17) is 15.0 Å². The van der Waals surface area contributed by atoms with Gasteiger partial charge in [-0.3, -0.25) is 9.63 Å². The van der Waals surface area contributed by atoms with Gasteiger partial charge in [0, 0.05) is 6.92 Å². The molecule has 10 heavy (non-hydrogen) atoms. The van der Waals surface area contributed by atoms with E-state index in [1.54, 1.807) is 0 Å². The number of hydrogen-bond acceptors (Lipinski definition) is 4. The summed E-state index contributed by atoms with van der Waals surface area (Å²) in [5.74, 6) is -1.80. The van der Waals surface area contributed by atoms with Gasteiger partial charge in [0.15, 0.2) is 0 Å². The number of carboxylic acid groups (broad SMARTS) is 2. The Balaban J connectivity index is 0.000000180. The van der Waals surface area contributed by atoms with Crippen LogP contribution in [0.3, 0.4) is 0 Å². The van der Waals surface area contributed by atoms with Gasteiger partial charge in [-0.15, -0.1) is 0 Å². The molecule has 6 nitrogen and oxygen atoms in total. The molecule has 1 saturated heterocycles. The third-order valence-electron chi connectivity index (χ3n) is 0.460. The van der Waals surface area contributed by atoms with E-state index < -0.39 is 18.2 Å². The number of rotatable bonds is 1. The van der Waals surface area contributed by atoms with E-state index in [1.165, 1.54) is 0 Å². The van der Waals surface area contributed by atoms with Crippen LogP contribution in [-0.4, -0.2) is 28.4 Å². The van der Waals surface area contributed by atoms with Crippen molar-refractivity contribution < 1.29 is 24.6 Å². The summed E-state index contributed by atoms with van der Waals surface area (Å²) in [5.41, 5.74) is 2.13. The molecule has 1 rings (SSSR count). The number of hydrogen-bond donors (Lipinski definition) is 3. The van der Waals surface area contributed by atoms with Gasteiger partial charge in [0.2, 0.25) is 6.23 Å². The van der Waals surface area contributed by atoms with Crippen molar-refractivity contribution in [3.05, 3.63) is 0 Å². The number of carboxylic acids is 2. The van der Waals surface area contributed by atoms with Crippen LogP contribution in [0.1, 0.15) is 6.92 Å². The van der Waals surface area contributed by atoms with Crippen LogP contribution in [0.4, 0.5) is 0 Å². The van der Waals surface area contributed by atoms with Gasteiger partial charge in [-0.2, -0.15) is 5.48 Å². The van der Waals surface area contributed by atoms with Crippen molar-refractivity contribution in [1.82, 2.24) is 5.48 Å². The first kappa shape index (κ1) is 8.86. The van der Waals surface area contributed by atoms with Gasteiger partial charge in [0.25, 0.3) is 5.97 Å². The molecule has 0 aromatic heterocycles. The molecule has 0 aliphatic carbocycles. The summed E-state index contributed by atoms with van der Waals surface area (Å²) in [5, 5.41) is 15.3. The van der Waals surface area contributed by atoms with E-state index in [1.807, 2.05) is 0 Å². The Morgan fingerprint density at radius 3 is 1.80 bits per heavy atom. The normalized spacial score (nSPS) is 20.3. The lowest BCUT2D eigenvalue weighted by Crippen LogP contribution is -2.05. The third kappa shape index (κ3) is 6.86. The van der Waals surface area contributed by atoms with Crippen molar-refractivity contribution in [2.45, 2.75) is 13.2 Å². The number of nitrogens with one attached hydrogen (secondary N) is 1. The summed E-state index contributed by atoms with van der Waals surface area (Å²) < 4.78 is 0. The minimum atomic E-state index is -0.963. The van der Waals surface area contributed by atoms with Gasteiger partial charge >= 0.3 is 5.97 Å². The van der Waals surface area contributed by atoms with Crippen LogP contribution >= 0.6 is 0 Å². The summed E-state index contributed by atoms with van der Waals surface area (Å²) in [7, 11) is 0. The maximum Gasteiger partial charge on any atom is 0.352 e. The largest absolute Gasteiger partial charge is 0.481 e. The summed E-state index contributed by atoms with van der Waals surface area (Å²) >= 11 is 0. The molecule has 0 aromatic carbocycles. The third-order valence-corrected chi connectivity index (χ3v) is 0.460. The summed E-state index contributed by atoms with van der Waals surface area (Å²) in [4.78, 5) is 22.7. The van der Waals surface area contributed by atoms with Crippen LogP contribution in [0.5, 0.6) is 0 Å². The highest BCUT2D eigenvalue weighted by molar-refractivity contribution is 5.73. The zero-order chi connectivity index (χ0) is 8.15. The molecule has 0 aromatic rings. The molecule has 1 aliphatic heterocycles. The Hall–Kier alpha value is -1.14.